The molecular formula is C22H32N2OS. The van der Waals surface area contributed by atoms with Gasteiger partial charge in [-0.2, -0.15) is 0 Å². The van der Waals surface area contributed by atoms with Crippen LogP contribution in [0, 0.1) is 0 Å². The van der Waals surface area contributed by atoms with Crippen molar-refractivity contribution in [1.82, 2.24) is 4.98 Å². The van der Waals surface area contributed by atoms with Crippen molar-refractivity contribution in [2.24, 2.45) is 0 Å². The maximum atomic E-state index is 10.9. The molecule has 0 atom stereocenters. The molecule has 0 bridgehead atoms. The van der Waals surface area contributed by atoms with E-state index in [1.807, 2.05) is 0 Å². The summed E-state index contributed by atoms with van der Waals surface area (Å²) in [6, 6.07) is 4.25. The first-order chi connectivity index (χ1) is 12.1. The number of piperidine rings is 1. The van der Waals surface area contributed by atoms with Gasteiger partial charge >= 0.3 is 0 Å². The van der Waals surface area contributed by atoms with Crippen LogP contribution in [0.25, 0.3) is 11.3 Å². The van der Waals surface area contributed by atoms with Crippen LogP contribution in [0.5, 0.6) is 5.75 Å². The van der Waals surface area contributed by atoms with Crippen LogP contribution in [0.1, 0.15) is 71.9 Å². The van der Waals surface area contributed by atoms with Crippen LogP contribution in [0.3, 0.4) is 0 Å². The number of nitrogens with zero attached hydrogens (tertiary/aromatic N) is 2. The second kappa shape index (κ2) is 6.88. The molecule has 1 saturated heterocycles. The Balaban J connectivity index is 2.06. The van der Waals surface area contributed by atoms with Gasteiger partial charge in [0.2, 0.25) is 0 Å². The second-order valence-corrected chi connectivity index (χ2v) is 10.3. The first kappa shape index (κ1) is 19.2. The molecule has 4 heteroatoms. The molecule has 3 nitrogen and oxygen atoms in total. The number of aromatic nitrogens is 1. The highest BCUT2D eigenvalue weighted by Crippen LogP contribution is 2.42. The SMILES string of the molecule is CC(C)(C)c1cc(-c2csc(N3CCCCC3)n2)cc(C(C)(C)C)c1O. The van der Waals surface area contributed by atoms with Gasteiger partial charge < -0.3 is 10.0 Å². The number of aromatic hydroxyl groups is 1. The Hall–Kier alpha value is -1.55. The van der Waals surface area contributed by atoms with Gasteiger partial charge in [-0.25, -0.2) is 4.98 Å². The van der Waals surface area contributed by atoms with Crippen molar-refractivity contribution in [2.75, 3.05) is 18.0 Å². The summed E-state index contributed by atoms with van der Waals surface area (Å²) in [5.41, 5.74) is 3.88. The zero-order valence-electron chi connectivity index (χ0n) is 17.0. The molecule has 3 rings (SSSR count). The number of benzene rings is 1. The average molecular weight is 373 g/mol. The van der Waals surface area contributed by atoms with Gasteiger partial charge in [0, 0.05) is 35.2 Å². The molecule has 2 aromatic rings. The molecule has 0 amide bonds. The zero-order chi connectivity index (χ0) is 19.1. The Morgan fingerprint density at radius 2 is 1.46 bits per heavy atom. The summed E-state index contributed by atoms with van der Waals surface area (Å²) in [5.74, 6) is 0.431. The monoisotopic (exact) mass is 372 g/mol. The van der Waals surface area contributed by atoms with Crippen LogP contribution in [0.15, 0.2) is 17.5 Å². The highest BCUT2D eigenvalue weighted by Gasteiger charge is 2.27. The van der Waals surface area contributed by atoms with E-state index in [4.69, 9.17) is 4.98 Å². The Kier molecular flexibility index (Phi) is 5.08. The molecule has 0 spiro atoms. The molecule has 0 saturated carbocycles. The van der Waals surface area contributed by atoms with Crippen molar-refractivity contribution in [3.8, 4) is 17.0 Å². The molecule has 1 aromatic carbocycles. The third kappa shape index (κ3) is 3.90. The van der Waals surface area contributed by atoms with Crippen molar-refractivity contribution < 1.29 is 5.11 Å². The smallest absolute Gasteiger partial charge is 0.185 e. The maximum Gasteiger partial charge on any atom is 0.185 e. The Morgan fingerprint density at radius 1 is 0.923 bits per heavy atom. The number of thiazole rings is 1. The molecule has 1 aliphatic heterocycles. The van der Waals surface area contributed by atoms with E-state index in [2.05, 4.69) is 64.0 Å². The van der Waals surface area contributed by atoms with Crippen molar-refractivity contribution in [1.29, 1.82) is 0 Å². The Bertz CT molecular complexity index is 739. The van der Waals surface area contributed by atoms with E-state index in [1.165, 1.54) is 19.3 Å². The van der Waals surface area contributed by atoms with Crippen molar-refractivity contribution in [3.63, 3.8) is 0 Å². The first-order valence-electron chi connectivity index (χ1n) is 9.66. The number of anilines is 1. The summed E-state index contributed by atoms with van der Waals surface area (Å²) in [4.78, 5) is 7.35. The van der Waals surface area contributed by atoms with Gasteiger partial charge in [0.15, 0.2) is 5.13 Å². The fraction of sp³-hybridized carbons (Fsp3) is 0.591. The topological polar surface area (TPSA) is 36.4 Å². The molecular weight excluding hydrogens is 340 g/mol. The number of phenols is 1. The van der Waals surface area contributed by atoms with Crippen LogP contribution in [-0.4, -0.2) is 23.2 Å². The number of hydrogen-bond acceptors (Lipinski definition) is 4. The molecule has 1 aromatic heterocycles. The summed E-state index contributed by atoms with van der Waals surface area (Å²) in [6.45, 7) is 15.1. The number of phenolic OH excluding ortho intramolecular Hbond substituents is 1. The molecule has 0 radical (unpaired) electrons. The minimum absolute atomic E-state index is 0.119. The third-order valence-electron chi connectivity index (χ3n) is 5.14. The summed E-state index contributed by atoms with van der Waals surface area (Å²) < 4.78 is 0. The molecule has 142 valence electrons. The third-order valence-corrected chi connectivity index (χ3v) is 6.04. The van der Waals surface area contributed by atoms with E-state index in [0.29, 0.717) is 5.75 Å². The molecule has 1 N–H and O–H groups in total. The minimum Gasteiger partial charge on any atom is -0.507 e. The van der Waals surface area contributed by atoms with Gasteiger partial charge in [-0.05, 0) is 42.2 Å². The molecule has 0 unspecified atom stereocenters. The fourth-order valence-corrected chi connectivity index (χ4v) is 4.44. The largest absolute Gasteiger partial charge is 0.507 e. The summed E-state index contributed by atoms with van der Waals surface area (Å²) in [5, 5.41) is 14.2. The van der Waals surface area contributed by atoms with E-state index in [0.717, 1.165) is 40.6 Å². The molecule has 2 heterocycles. The maximum absolute atomic E-state index is 10.9. The fourth-order valence-electron chi connectivity index (χ4n) is 3.55. The lowest BCUT2D eigenvalue weighted by Crippen LogP contribution is -2.29. The predicted octanol–water partition coefficient (Wildman–Crippen LogP) is 6.10. The van der Waals surface area contributed by atoms with Crippen LogP contribution in [0.4, 0.5) is 5.13 Å². The number of hydrogen-bond donors (Lipinski definition) is 1. The highest BCUT2D eigenvalue weighted by atomic mass is 32.1. The summed E-state index contributed by atoms with van der Waals surface area (Å²) >= 11 is 1.73. The predicted molar refractivity (Wildman–Crippen MR) is 113 cm³/mol. The van der Waals surface area contributed by atoms with Crippen LogP contribution in [0.2, 0.25) is 0 Å². The van der Waals surface area contributed by atoms with Gasteiger partial charge in [-0.15, -0.1) is 11.3 Å². The van der Waals surface area contributed by atoms with E-state index in [9.17, 15) is 5.11 Å². The summed E-state index contributed by atoms with van der Waals surface area (Å²) in [7, 11) is 0. The van der Waals surface area contributed by atoms with Gasteiger partial charge in [0.1, 0.15) is 5.75 Å². The van der Waals surface area contributed by atoms with Crippen molar-refractivity contribution >= 4 is 16.5 Å². The van der Waals surface area contributed by atoms with Crippen molar-refractivity contribution in [2.45, 2.75) is 71.6 Å². The lowest BCUT2D eigenvalue weighted by Gasteiger charge is -2.28. The van der Waals surface area contributed by atoms with Crippen LogP contribution >= 0.6 is 11.3 Å². The van der Waals surface area contributed by atoms with E-state index >= 15 is 0 Å². The molecule has 1 aliphatic rings. The van der Waals surface area contributed by atoms with Crippen LogP contribution in [-0.2, 0) is 10.8 Å². The Morgan fingerprint density at radius 3 is 1.96 bits per heavy atom. The zero-order valence-corrected chi connectivity index (χ0v) is 17.8. The highest BCUT2D eigenvalue weighted by molar-refractivity contribution is 7.14. The quantitative estimate of drug-likeness (QED) is 0.692. The lowest BCUT2D eigenvalue weighted by molar-refractivity contribution is 0.423. The van der Waals surface area contributed by atoms with Gasteiger partial charge in [-0.1, -0.05) is 41.5 Å². The molecule has 26 heavy (non-hydrogen) atoms. The normalized spacial score (nSPS) is 16.2. The molecule has 0 aliphatic carbocycles. The van der Waals surface area contributed by atoms with E-state index in [-0.39, 0.29) is 10.8 Å². The second-order valence-electron chi connectivity index (χ2n) is 9.48. The summed E-state index contributed by atoms with van der Waals surface area (Å²) in [6.07, 6.45) is 3.85. The van der Waals surface area contributed by atoms with Crippen LogP contribution < -0.4 is 4.90 Å². The average Bonchev–Trinajstić information content (AvgIpc) is 3.03. The van der Waals surface area contributed by atoms with E-state index in [1.54, 1.807) is 11.3 Å². The standard InChI is InChI=1S/C22H32N2OS/c1-21(2,3)16-12-15(13-17(19(16)25)22(4,5)6)18-14-26-20(23-18)24-10-8-7-9-11-24/h12-14,25H,7-11H2,1-6H3. The van der Waals surface area contributed by atoms with Gasteiger partial charge in [0.05, 0.1) is 5.69 Å². The first-order valence-corrected chi connectivity index (χ1v) is 10.5. The number of rotatable bonds is 2. The van der Waals surface area contributed by atoms with E-state index < -0.39 is 0 Å². The van der Waals surface area contributed by atoms with Gasteiger partial charge in [-0.3, -0.25) is 0 Å². The van der Waals surface area contributed by atoms with Crippen molar-refractivity contribution in [3.05, 3.63) is 28.6 Å². The lowest BCUT2D eigenvalue weighted by atomic mass is 9.78. The Labute approximate surface area is 162 Å². The molecule has 1 fully saturated rings. The van der Waals surface area contributed by atoms with Gasteiger partial charge in [0.25, 0.3) is 0 Å². The minimum atomic E-state index is -0.119.